The summed E-state index contributed by atoms with van der Waals surface area (Å²) in [5, 5.41) is 6.74. The van der Waals surface area contributed by atoms with E-state index in [1.165, 1.54) is 18.2 Å². The molecule has 0 bridgehead atoms. The first-order chi connectivity index (χ1) is 15.7. The SMILES string of the molecule is C=C(NC)[C@H](N[C@@H](CCc1ccc(C(F)(F)F)cc1)c1ccc(F)c(C)c1)c1ccccc1. The number of alkyl halides is 3. The third-order valence-electron chi connectivity index (χ3n) is 5.76. The summed E-state index contributed by atoms with van der Waals surface area (Å²) in [7, 11) is 1.80. The van der Waals surface area contributed by atoms with Gasteiger partial charge in [0.05, 0.1) is 11.6 Å². The van der Waals surface area contributed by atoms with Gasteiger partial charge in [-0.3, -0.25) is 5.32 Å². The van der Waals surface area contributed by atoms with Crippen LogP contribution in [0.25, 0.3) is 0 Å². The smallest absolute Gasteiger partial charge is 0.390 e. The van der Waals surface area contributed by atoms with Crippen molar-refractivity contribution in [2.24, 2.45) is 0 Å². The summed E-state index contributed by atoms with van der Waals surface area (Å²) in [4.78, 5) is 0. The Bertz CT molecular complexity index is 1060. The fourth-order valence-corrected chi connectivity index (χ4v) is 3.79. The molecular formula is C27H28F4N2. The number of nitrogens with one attached hydrogen (secondary N) is 2. The van der Waals surface area contributed by atoms with Crippen LogP contribution in [0, 0.1) is 12.7 Å². The monoisotopic (exact) mass is 456 g/mol. The second kappa shape index (κ2) is 10.7. The molecule has 3 aromatic carbocycles. The van der Waals surface area contributed by atoms with E-state index in [1.54, 1.807) is 20.0 Å². The van der Waals surface area contributed by atoms with Crippen LogP contribution in [-0.2, 0) is 12.6 Å². The Balaban J connectivity index is 1.87. The zero-order valence-corrected chi connectivity index (χ0v) is 18.7. The summed E-state index contributed by atoms with van der Waals surface area (Å²) < 4.78 is 52.6. The largest absolute Gasteiger partial charge is 0.416 e. The Morgan fingerprint density at radius 2 is 1.61 bits per heavy atom. The molecule has 174 valence electrons. The third kappa shape index (κ3) is 6.45. The summed E-state index contributed by atoms with van der Waals surface area (Å²) in [6, 6.07) is 19.7. The Kier molecular flexibility index (Phi) is 7.92. The summed E-state index contributed by atoms with van der Waals surface area (Å²) in [6.45, 7) is 5.85. The van der Waals surface area contributed by atoms with Crippen molar-refractivity contribution in [2.75, 3.05) is 7.05 Å². The summed E-state index contributed by atoms with van der Waals surface area (Å²) in [6.07, 6.45) is -3.19. The molecule has 0 saturated heterocycles. The molecule has 0 heterocycles. The number of hydrogen-bond donors (Lipinski definition) is 2. The number of hydrogen-bond acceptors (Lipinski definition) is 2. The molecule has 0 aliphatic heterocycles. The molecule has 0 fully saturated rings. The van der Waals surface area contributed by atoms with E-state index < -0.39 is 11.7 Å². The molecule has 3 rings (SSSR count). The van der Waals surface area contributed by atoms with Crippen molar-refractivity contribution in [3.05, 3.63) is 119 Å². The quantitative estimate of drug-likeness (QED) is 0.343. The predicted molar refractivity (Wildman–Crippen MR) is 124 cm³/mol. The number of halogens is 4. The number of likely N-dealkylation sites (N-methyl/N-ethyl adjacent to an activating group) is 1. The summed E-state index contributed by atoms with van der Waals surface area (Å²) in [5.41, 5.74) is 3.39. The van der Waals surface area contributed by atoms with Gasteiger partial charge >= 0.3 is 6.18 Å². The minimum absolute atomic E-state index is 0.179. The fourth-order valence-electron chi connectivity index (χ4n) is 3.79. The van der Waals surface area contributed by atoms with Gasteiger partial charge < -0.3 is 5.32 Å². The molecular weight excluding hydrogens is 428 g/mol. The highest BCUT2D eigenvalue weighted by molar-refractivity contribution is 5.31. The average Bonchev–Trinajstić information content (AvgIpc) is 2.81. The van der Waals surface area contributed by atoms with Crippen LogP contribution in [0.1, 0.15) is 46.3 Å². The molecule has 0 amide bonds. The molecule has 2 N–H and O–H groups in total. The van der Waals surface area contributed by atoms with E-state index in [-0.39, 0.29) is 17.9 Å². The molecule has 3 aromatic rings. The zero-order chi connectivity index (χ0) is 24.0. The number of rotatable bonds is 9. The molecule has 0 aromatic heterocycles. The Morgan fingerprint density at radius 3 is 2.18 bits per heavy atom. The van der Waals surface area contributed by atoms with Gasteiger partial charge in [0.1, 0.15) is 5.82 Å². The molecule has 0 aliphatic carbocycles. The molecule has 0 spiro atoms. The number of aryl methyl sites for hydroxylation is 2. The molecule has 0 unspecified atom stereocenters. The van der Waals surface area contributed by atoms with Gasteiger partial charge in [-0.2, -0.15) is 13.2 Å². The van der Waals surface area contributed by atoms with Crippen molar-refractivity contribution >= 4 is 0 Å². The molecule has 2 nitrogen and oxygen atoms in total. The van der Waals surface area contributed by atoms with E-state index in [4.69, 9.17) is 0 Å². The van der Waals surface area contributed by atoms with E-state index in [0.29, 0.717) is 18.4 Å². The van der Waals surface area contributed by atoms with Crippen LogP contribution in [0.5, 0.6) is 0 Å². The van der Waals surface area contributed by atoms with E-state index in [1.807, 2.05) is 36.4 Å². The first-order valence-electron chi connectivity index (χ1n) is 10.8. The van der Waals surface area contributed by atoms with Crippen molar-refractivity contribution < 1.29 is 17.6 Å². The van der Waals surface area contributed by atoms with Gasteiger partial charge in [-0.05, 0) is 60.2 Å². The van der Waals surface area contributed by atoms with E-state index >= 15 is 0 Å². The second-order valence-electron chi connectivity index (χ2n) is 8.08. The van der Waals surface area contributed by atoms with Crippen molar-refractivity contribution in [2.45, 2.75) is 38.0 Å². The van der Waals surface area contributed by atoms with E-state index in [2.05, 4.69) is 17.2 Å². The summed E-state index contributed by atoms with van der Waals surface area (Å²) in [5.74, 6) is -0.278. The Labute approximate surface area is 192 Å². The van der Waals surface area contributed by atoms with Gasteiger partial charge in [-0.15, -0.1) is 0 Å². The standard InChI is InChI=1S/C27H28F4N2/c1-18-17-22(12-15-24(18)28)25(16-11-20-9-13-23(14-10-20)27(29,30)31)33-26(19(2)32-3)21-7-5-4-6-8-21/h4-10,12-15,17,25-26,32-33H,2,11,16H2,1,3H3/t25-,26-/m0/s1. The molecule has 0 radical (unpaired) electrons. The lowest BCUT2D eigenvalue weighted by atomic mass is 9.94. The van der Waals surface area contributed by atoms with Gasteiger partial charge in [0, 0.05) is 18.8 Å². The lowest BCUT2D eigenvalue weighted by Crippen LogP contribution is -2.31. The highest BCUT2D eigenvalue weighted by Crippen LogP contribution is 2.31. The fraction of sp³-hybridized carbons (Fsp3) is 0.259. The van der Waals surface area contributed by atoms with Crippen LogP contribution in [0.4, 0.5) is 17.6 Å². The maximum Gasteiger partial charge on any atom is 0.416 e. The average molecular weight is 457 g/mol. The maximum atomic E-state index is 13.9. The van der Waals surface area contributed by atoms with Gasteiger partial charge in [0.2, 0.25) is 0 Å². The minimum atomic E-state index is -4.36. The van der Waals surface area contributed by atoms with E-state index in [9.17, 15) is 17.6 Å². The van der Waals surface area contributed by atoms with Gasteiger partial charge in [0.15, 0.2) is 0 Å². The highest BCUT2D eigenvalue weighted by atomic mass is 19.4. The second-order valence-corrected chi connectivity index (χ2v) is 8.08. The first-order valence-corrected chi connectivity index (χ1v) is 10.8. The lowest BCUT2D eigenvalue weighted by molar-refractivity contribution is -0.137. The lowest BCUT2D eigenvalue weighted by Gasteiger charge is -2.28. The first kappa shape index (κ1) is 24.5. The molecule has 6 heteroatoms. The topological polar surface area (TPSA) is 24.1 Å². The van der Waals surface area contributed by atoms with Crippen molar-refractivity contribution in [1.29, 1.82) is 0 Å². The van der Waals surface area contributed by atoms with Gasteiger partial charge in [-0.1, -0.05) is 61.2 Å². The van der Waals surface area contributed by atoms with Crippen LogP contribution in [-0.4, -0.2) is 7.05 Å². The summed E-state index contributed by atoms with van der Waals surface area (Å²) >= 11 is 0. The normalized spacial score (nSPS) is 13.4. The van der Waals surface area contributed by atoms with Crippen molar-refractivity contribution in [3.63, 3.8) is 0 Å². The highest BCUT2D eigenvalue weighted by Gasteiger charge is 2.30. The van der Waals surface area contributed by atoms with Crippen molar-refractivity contribution in [3.8, 4) is 0 Å². The predicted octanol–water partition coefficient (Wildman–Crippen LogP) is 6.89. The van der Waals surface area contributed by atoms with Crippen LogP contribution in [0.3, 0.4) is 0 Å². The Morgan fingerprint density at radius 1 is 0.939 bits per heavy atom. The van der Waals surface area contributed by atoms with Crippen LogP contribution in [0.15, 0.2) is 85.1 Å². The van der Waals surface area contributed by atoms with Gasteiger partial charge in [0.25, 0.3) is 0 Å². The molecule has 2 atom stereocenters. The minimum Gasteiger partial charge on any atom is -0.390 e. The number of benzene rings is 3. The van der Waals surface area contributed by atoms with Crippen LogP contribution < -0.4 is 10.6 Å². The van der Waals surface area contributed by atoms with Crippen LogP contribution >= 0.6 is 0 Å². The van der Waals surface area contributed by atoms with Gasteiger partial charge in [-0.25, -0.2) is 4.39 Å². The maximum absolute atomic E-state index is 13.9. The third-order valence-corrected chi connectivity index (χ3v) is 5.76. The molecule has 33 heavy (non-hydrogen) atoms. The Hall–Kier alpha value is -3.12. The van der Waals surface area contributed by atoms with E-state index in [0.717, 1.165) is 34.5 Å². The van der Waals surface area contributed by atoms with Crippen molar-refractivity contribution in [1.82, 2.24) is 10.6 Å². The molecule has 0 aliphatic rings. The zero-order valence-electron chi connectivity index (χ0n) is 18.7. The molecule has 0 saturated carbocycles. The van der Waals surface area contributed by atoms with Crippen LogP contribution in [0.2, 0.25) is 0 Å².